The summed E-state index contributed by atoms with van der Waals surface area (Å²) in [5.74, 6) is -0.156. The first kappa shape index (κ1) is 12.3. The van der Waals surface area contributed by atoms with Gasteiger partial charge in [-0.1, -0.05) is 0 Å². The van der Waals surface area contributed by atoms with E-state index in [1.54, 1.807) is 4.90 Å². The van der Waals surface area contributed by atoms with Gasteiger partial charge in [-0.05, 0) is 19.3 Å². The van der Waals surface area contributed by atoms with Crippen LogP contribution in [0, 0.1) is 0 Å². The second-order valence-electron chi connectivity index (χ2n) is 4.65. The number of piperazine rings is 1. The summed E-state index contributed by atoms with van der Waals surface area (Å²) < 4.78 is 0. The van der Waals surface area contributed by atoms with Gasteiger partial charge < -0.3 is 20.0 Å². The number of carbonyl (C=O) groups is 2. The van der Waals surface area contributed by atoms with E-state index in [0.29, 0.717) is 13.0 Å². The van der Waals surface area contributed by atoms with Gasteiger partial charge in [0.15, 0.2) is 0 Å². The van der Waals surface area contributed by atoms with Crippen LogP contribution in [0.25, 0.3) is 0 Å². The molecule has 0 radical (unpaired) electrons. The molecule has 2 amide bonds. The maximum atomic E-state index is 12.1. The van der Waals surface area contributed by atoms with Gasteiger partial charge >= 0.3 is 0 Å². The number of rotatable bonds is 3. The van der Waals surface area contributed by atoms with Crippen LogP contribution in [0.3, 0.4) is 0 Å². The molecule has 0 aromatic rings. The highest BCUT2D eigenvalue weighted by atomic mass is 16.3. The van der Waals surface area contributed by atoms with Crippen molar-refractivity contribution in [1.29, 1.82) is 0 Å². The van der Waals surface area contributed by atoms with E-state index < -0.39 is 12.7 Å². The maximum Gasteiger partial charge on any atom is 0.245 e. The van der Waals surface area contributed by atoms with Crippen molar-refractivity contribution in [2.45, 2.75) is 31.4 Å². The average molecular weight is 242 g/mol. The summed E-state index contributed by atoms with van der Waals surface area (Å²) in [5.41, 5.74) is 0. The number of nitrogens with zero attached hydrogens (tertiary/aromatic N) is 2. The van der Waals surface area contributed by atoms with Crippen LogP contribution in [0.15, 0.2) is 0 Å². The molecule has 6 heteroatoms. The van der Waals surface area contributed by atoms with E-state index in [-0.39, 0.29) is 30.9 Å². The second kappa shape index (κ2) is 5.01. The number of hydrogen-bond acceptors (Lipinski definition) is 4. The molecule has 2 aliphatic heterocycles. The minimum absolute atomic E-state index is 0.0202. The van der Waals surface area contributed by atoms with Crippen molar-refractivity contribution in [1.82, 2.24) is 9.80 Å². The zero-order chi connectivity index (χ0) is 12.4. The molecule has 6 nitrogen and oxygen atoms in total. The van der Waals surface area contributed by atoms with Gasteiger partial charge in [-0.15, -0.1) is 0 Å². The van der Waals surface area contributed by atoms with Crippen molar-refractivity contribution >= 4 is 11.8 Å². The summed E-state index contributed by atoms with van der Waals surface area (Å²) in [4.78, 5) is 26.9. The number of amides is 2. The first-order chi connectivity index (χ1) is 8.13. The fourth-order valence-corrected chi connectivity index (χ4v) is 2.50. The van der Waals surface area contributed by atoms with Gasteiger partial charge in [0.2, 0.25) is 11.8 Å². The summed E-state index contributed by atoms with van der Waals surface area (Å²) in [7, 11) is 0. The fourth-order valence-electron chi connectivity index (χ4n) is 2.50. The molecule has 0 saturated carbocycles. The molecule has 0 aromatic carbocycles. The van der Waals surface area contributed by atoms with Crippen LogP contribution in [0.2, 0.25) is 0 Å². The second-order valence-corrected chi connectivity index (χ2v) is 4.65. The Hall–Kier alpha value is -1.14. The number of fused-ring (bicyclic) bond motifs is 1. The lowest BCUT2D eigenvalue weighted by Crippen LogP contribution is -2.62. The molecule has 2 rings (SSSR count). The van der Waals surface area contributed by atoms with Crippen LogP contribution in [0.4, 0.5) is 0 Å². The van der Waals surface area contributed by atoms with Crippen LogP contribution in [0.1, 0.15) is 19.3 Å². The predicted octanol–water partition coefficient (Wildman–Crippen LogP) is -1.44. The van der Waals surface area contributed by atoms with Gasteiger partial charge in [-0.3, -0.25) is 9.59 Å². The Kier molecular flexibility index (Phi) is 3.63. The zero-order valence-corrected chi connectivity index (χ0v) is 9.71. The molecule has 2 unspecified atom stereocenters. The van der Waals surface area contributed by atoms with Crippen LogP contribution in [-0.4, -0.2) is 70.2 Å². The first-order valence-electron chi connectivity index (χ1n) is 6.00. The highest BCUT2D eigenvalue weighted by Gasteiger charge is 2.40. The highest BCUT2D eigenvalue weighted by molar-refractivity contribution is 5.95. The van der Waals surface area contributed by atoms with Crippen LogP contribution < -0.4 is 0 Å². The van der Waals surface area contributed by atoms with Crippen molar-refractivity contribution in [3.63, 3.8) is 0 Å². The van der Waals surface area contributed by atoms with Gasteiger partial charge in [-0.2, -0.15) is 0 Å². The maximum absolute atomic E-state index is 12.1. The van der Waals surface area contributed by atoms with Gasteiger partial charge in [0, 0.05) is 13.1 Å². The minimum Gasteiger partial charge on any atom is -0.394 e. The summed E-state index contributed by atoms with van der Waals surface area (Å²) in [5, 5.41) is 18.1. The van der Waals surface area contributed by atoms with Crippen molar-refractivity contribution in [3.8, 4) is 0 Å². The monoisotopic (exact) mass is 242 g/mol. The molecular weight excluding hydrogens is 224 g/mol. The number of carbonyl (C=O) groups excluding carboxylic acids is 2. The van der Waals surface area contributed by atoms with Crippen LogP contribution in [0.5, 0.6) is 0 Å². The molecule has 2 aliphatic rings. The number of aliphatic hydroxyl groups excluding tert-OH is 2. The van der Waals surface area contributed by atoms with Crippen LogP contribution in [-0.2, 0) is 9.59 Å². The van der Waals surface area contributed by atoms with E-state index in [1.165, 1.54) is 4.90 Å². The molecule has 2 fully saturated rings. The van der Waals surface area contributed by atoms with Crippen molar-refractivity contribution in [3.05, 3.63) is 0 Å². The van der Waals surface area contributed by atoms with E-state index in [1.807, 2.05) is 0 Å². The molecule has 0 spiro atoms. The summed E-state index contributed by atoms with van der Waals surface area (Å²) >= 11 is 0. The lowest BCUT2D eigenvalue weighted by Gasteiger charge is -2.43. The molecule has 0 bridgehead atoms. The molecule has 2 saturated heterocycles. The third-order valence-corrected chi connectivity index (χ3v) is 3.39. The Morgan fingerprint density at radius 2 is 2.12 bits per heavy atom. The largest absolute Gasteiger partial charge is 0.394 e. The average Bonchev–Trinajstić information content (AvgIpc) is 2.35. The number of piperidine rings is 1. The molecule has 17 heavy (non-hydrogen) atoms. The minimum atomic E-state index is -0.970. The van der Waals surface area contributed by atoms with E-state index >= 15 is 0 Å². The predicted molar refractivity (Wildman–Crippen MR) is 59.0 cm³/mol. The smallest absolute Gasteiger partial charge is 0.245 e. The first-order valence-corrected chi connectivity index (χ1v) is 6.00. The molecule has 0 aromatic heterocycles. The highest BCUT2D eigenvalue weighted by Crippen LogP contribution is 2.23. The molecule has 2 atom stereocenters. The number of β-amino-alcohol motifs (C(OH)–C–C–N with tert-alkyl or cyclic N) is 1. The van der Waals surface area contributed by atoms with Gasteiger partial charge in [0.05, 0.1) is 19.3 Å². The lowest BCUT2D eigenvalue weighted by atomic mass is 9.98. The third kappa shape index (κ3) is 2.42. The summed E-state index contributed by atoms with van der Waals surface area (Å²) in [6, 6.07) is -0.351. The third-order valence-electron chi connectivity index (χ3n) is 3.39. The van der Waals surface area contributed by atoms with E-state index in [0.717, 1.165) is 12.8 Å². The molecule has 2 N–H and O–H groups in total. The number of aliphatic hydroxyl groups is 2. The Labute approximate surface area is 99.8 Å². The fraction of sp³-hybridized carbons (Fsp3) is 0.818. The normalized spacial score (nSPS) is 27.1. The molecule has 96 valence electrons. The van der Waals surface area contributed by atoms with E-state index in [9.17, 15) is 14.7 Å². The van der Waals surface area contributed by atoms with Crippen molar-refractivity contribution < 1.29 is 19.8 Å². The van der Waals surface area contributed by atoms with Gasteiger partial charge in [0.25, 0.3) is 0 Å². The summed E-state index contributed by atoms with van der Waals surface area (Å²) in [6.45, 7) is 0.315. The SMILES string of the molecule is O=C1C2CCCCN2C(=O)CN1CC(O)CO. The van der Waals surface area contributed by atoms with Gasteiger partial charge in [-0.25, -0.2) is 0 Å². The molecule has 0 aliphatic carbocycles. The molecular formula is C11H18N2O4. The van der Waals surface area contributed by atoms with Crippen LogP contribution >= 0.6 is 0 Å². The quantitative estimate of drug-likeness (QED) is 0.635. The Bertz CT molecular complexity index is 321. The topological polar surface area (TPSA) is 81.1 Å². The lowest BCUT2D eigenvalue weighted by molar-refractivity contribution is -0.159. The number of hydrogen-bond donors (Lipinski definition) is 2. The Balaban J connectivity index is 2.06. The van der Waals surface area contributed by atoms with Crippen molar-refractivity contribution in [2.75, 3.05) is 26.2 Å². The summed E-state index contributed by atoms with van der Waals surface area (Å²) in [6.07, 6.45) is 1.64. The molecule has 2 heterocycles. The Morgan fingerprint density at radius 1 is 1.35 bits per heavy atom. The van der Waals surface area contributed by atoms with E-state index in [4.69, 9.17) is 5.11 Å². The van der Waals surface area contributed by atoms with Crippen molar-refractivity contribution in [2.24, 2.45) is 0 Å². The zero-order valence-electron chi connectivity index (χ0n) is 9.71. The van der Waals surface area contributed by atoms with Gasteiger partial charge in [0.1, 0.15) is 6.04 Å². The standard InChI is InChI=1S/C11H18N2O4/c14-7-8(15)5-12-6-10(16)13-4-2-1-3-9(13)11(12)17/h8-9,14-15H,1-7H2. The Morgan fingerprint density at radius 3 is 2.82 bits per heavy atom. The van der Waals surface area contributed by atoms with E-state index in [2.05, 4.69) is 0 Å².